The van der Waals surface area contributed by atoms with E-state index in [1.54, 1.807) is 7.11 Å². The number of benzene rings is 2. The van der Waals surface area contributed by atoms with E-state index in [0.717, 1.165) is 11.1 Å². The van der Waals surface area contributed by atoms with E-state index < -0.39 is 0 Å². The molecule has 0 spiro atoms. The molecule has 0 aliphatic carbocycles. The Kier molecular flexibility index (Phi) is 5.17. The molecule has 0 bridgehead atoms. The Morgan fingerprint density at radius 3 is 2.05 bits per heavy atom. The topological polar surface area (TPSA) is 33.0 Å². The van der Waals surface area contributed by atoms with Crippen LogP contribution in [0.3, 0.4) is 0 Å². The summed E-state index contributed by atoms with van der Waals surface area (Å²) in [6.07, 6.45) is 0.633. The first-order valence-electron chi connectivity index (χ1n) is 6.97. The summed E-state index contributed by atoms with van der Waals surface area (Å²) < 4.78 is 5.23. The fourth-order valence-corrected chi connectivity index (χ4v) is 2.51. The van der Waals surface area contributed by atoms with Crippen LogP contribution in [0.1, 0.15) is 29.4 Å². The average Bonchev–Trinajstić information content (AvgIpc) is 2.56. The molecule has 0 radical (unpaired) electrons. The monoisotopic (exact) mass is 277 g/mol. The van der Waals surface area contributed by atoms with Gasteiger partial charge in [-0.3, -0.25) is 0 Å². The number of hydrogen-bond acceptors (Lipinski definition) is 2. The summed E-state index contributed by atoms with van der Waals surface area (Å²) in [5.41, 5.74) is 2.16. The summed E-state index contributed by atoms with van der Waals surface area (Å²) in [6, 6.07) is 22.4. The number of ether oxygens (including phenoxy) is 1. The second-order valence-corrected chi connectivity index (χ2v) is 4.98. The van der Waals surface area contributed by atoms with Crippen LogP contribution in [0.4, 0.5) is 0 Å². The second kappa shape index (κ2) is 7.31. The summed E-state index contributed by atoms with van der Waals surface area (Å²) in [6.45, 7) is 3.92. The molecule has 0 aliphatic heterocycles. The molecule has 2 nitrogen and oxygen atoms in total. The van der Waals surface area contributed by atoms with Crippen molar-refractivity contribution >= 4 is 0 Å². The van der Waals surface area contributed by atoms with Crippen LogP contribution in [0.15, 0.2) is 73.0 Å². The number of methoxy groups -OCH3 is 1. The maximum atomic E-state index is 9.68. The van der Waals surface area contributed by atoms with Crippen LogP contribution >= 0.6 is 0 Å². The molecule has 2 unspecified atom stereocenters. The molecule has 0 aliphatic rings. The summed E-state index contributed by atoms with van der Waals surface area (Å²) >= 11 is 0. The molecular weight excluding hydrogens is 258 g/mol. The van der Waals surface area contributed by atoms with Crippen LogP contribution in [0.25, 0.3) is 0 Å². The standard InChI is InChI=1S/C19H19NO/c1-15(21-2)13-18(16-9-5-3-6-10-16)19(14-20)17-11-7-4-8-12-17/h3-12,18-19H,1,13H2,2H3. The Labute approximate surface area is 126 Å². The lowest BCUT2D eigenvalue weighted by Crippen LogP contribution is -2.11. The highest BCUT2D eigenvalue weighted by Crippen LogP contribution is 2.37. The quantitative estimate of drug-likeness (QED) is 0.721. The molecule has 2 heteroatoms. The maximum absolute atomic E-state index is 9.68. The lowest BCUT2D eigenvalue weighted by molar-refractivity contribution is 0.270. The van der Waals surface area contributed by atoms with Crippen molar-refractivity contribution in [2.75, 3.05) is 7.11 Å². The lowest BCUT2D eigenvalue weighted by Gasteiger charge is -2.23. The van der Waals surface area contributed by atoms with Gasteiger partial charge in [0, 0.05) is 12.3 Å². The summed E-state index contributed by atoms with van der Waals surface area (Å²) in [4.78, 5) is 0. The predicted octanol–water partition coefficient (Wildman–Crippen LogP) is 4.63. The summed E-state index contributed by atoms with van der Waals surface area (Å²) in [5.74, 6) is 0.506. The van der Waals surface area contributed by atoms with Crippen molar-refractivity contribution in [3.63, 3.8) is 0 Å². The van der Waals surface area contributed by atoms with Crippen molar-refractivity contribution in [2.24, 2.45) is 0 Å². The van der Waals surface area contributed by atoms with Crippen LogP contribution in [-0.4, -0.2) is 7.11 Å². The minimum Gasteiger partial charge on any atom is -0.502 e. The molecule has 2 atom stereocenters. The van der Waals surface area contributed by atoms with Gasteiger partial charge in [-0.25, -0.2) is 0 Å². The molecule has 0 N–H and O–H groups in total. The zero-order valence-electron chi connectivity index (χ0n) is 12.2. The minimum absolute atomic E-state index is 0.0334. The molecule has 106 valence electrons. The first-order chi connectivity index (χ1) is 10.3. The molecule has 0 fully saturated rings. The van der Waals surface area contributed by atoms with Gasteiger partial charge in [0.2, 0.25) is 0 Å². The van der Waals surface area contributed by atoms with E-state index in [2.05, 4.69) is 24.8 Å². The van der Waals surface area contributed by atoms with Crippen LogP contribution < -0.4 is 0 Å². The van der Waals surface area contributed by atoms with Crippen LogP contribution in [-0.2, 0) is 4.74 Å². The number of hydrogen-bond donors (Lipinski definition) is 0. The molecular formula is C19H19NO. The van der Waals surface area contributed by atoms with Gasteiger partial charge >= 0.3 is 0 Å². The number of allylic oxidation sites excluding steroid dienone is 1. The van der Waals surface area contributed by atoms with Crippen LogP contribution in [0, 0.1) is 11.3 Å². The molecule has 0 aromatic heterocycles. The third-order valence-corrected chi connectivity index (χ3v) is 3.66. The molecule has 0 amide bonds. The fourth-order valence-electron chi connectivity index (χ4n) is 2.51. The lowest BCUT2D eigenvalue weighted by atomic mass is 9.80. The van der Waals surface area contributed by atoms with Crippen LogP contribution in [0.2, 0.25) is 0 Å². The normalized spacial score (nSPS) is 13.0. The Bertz CT molecular complexity index is 613. The average molecular weight is 277 g/mol. The third kappa shape index (κ3) is 3.73. The van der Waals surface area contributed by atoms with E-state index in [9.17, 15) is 5.26 Å². The van der Waals surface area contributed by atoms with Crippen LogP contribution in [0.5, 0.6) is 0 Å². The summed E-state index contributed by atoms with van der Waals surface area (Å²) in [5, 5.41) is 9.68. The Morgan fingerprint density at radius 1 is 1.05 bits per heavy atom. The van der Waals surface area contributed by atoms with Gasteiger partial charge in [0.25, 0.3) is 0 Å². The zero-order chi connectivity index (χ0) is 15.1. The highest BCUT2D eigenvalue weighted by Gasteiger charge is 2.25. The number of nitrogens with zero attached hydrogens (tertiary/aromatic N) is 1. The second-order valence-electron chi connectivity index (χ2n) is 4.98. The van der Waals surface area contributed by atoms with Gasteiger partial charge in [0.15, 0.2) is 0 Å². The van der Waals surface area contributed by atoms with E-state index in [1.807, 2.05) is 48.5 Å². The SMILES string of the molecule is C=C(CC(c1ccccc1)C(C#N)c1ccccc1)OC. The number of nitriles is 1. The fraction of sp³-hybridized carbons (Fsp3) is 0.211. The third-order valence-electron chi connectivity index (χ3n) is 3.66. The maximum Gasteiger partial charge on any atom is 0.0890 e. The molecule has 0 saturated carbocycles. The Balaban J connectivity index is 2.38. The van der Waals surface area contributed by atoms with Gasteiger partial charge in [-0.05, 0) is 11.1 Å². The zero-order valence-corrected chi connectivity index (χ0v) is 12.2. The molecule has 2 rings (SSSR count). The largest absolute Gasteiger partial charge is 0.502 e. The molecule has 21 heavy (non-hydrogen) atoms. The van der Waals surface area contributed by atoms with E-state index in [4.69, 9.17) is 4.74 Å². The predicted molar refractivity (Wildman–Crippen MR) is 84.7 cm³/mol. The van der Waals surface area contributed by atoms with Crippen molar-refractivity contribution in [1.29, 1.82) is 5.26 Å². The van der Waals surface area contributed by atoms with Crippen molar-refractivity contribution in [2.45, 2.75) is 18.3 Å². The van der Waals surface area contributed by atoms with Crippen molar-refractivity contribution in [3.05, 3.63) is 84.1 Å². The highest BCUT2D eigenvalue weighted by molar-refractivity contribution is 5.33. The summed E-state index contributed by atoms with van der Waals surface area (Å²) in [7, 11) is 1.62. The van der Waals surface area contributed by atoms with Gasteiger partial charge in [-0.15, -0.1) is 0 Å². The highest BCUT2D eigenvalue weighted by atomic mass is 16.5. The van der Waals surface area contributed by atoms with Gasteiger partial charge < -0.3 is 4.74 Å². The van der Waals surface area contributed by atoms with Crippen molar-refractivity contribution in [1.82, 2.24) is 0 Å². The Morgan fingerprint density at radius 2 is 1.57 bits per heavy atom. The molecule has 0 heterocycles. The molecule has 2 aromatic rings. The molecule has 2 aromatic carbocycles. The van der Waals surface area contributed by atoms with E-state index in [0.29, 0.717) is 12.2 Å². The first kappa shape index (κ1) is 14.9. The van der Waals surface area contributed by atoms with Gasteiger partial charge in [-0.2, -0.15) is 5.26 Å². The van der Waals surface area contributed by atoms with Crippen molar-refractivity contribution < 1.29 is 4.74 Å². The van der Waals surface area contributed by atoms with E-state index >= 15 is 0 Å². The Hall–Kier alpha value is -2.53. The van der Waals surface area contributed by atoms with Gasteiger partial charge in [0.1, 0.15) is 0 Å². The molecule has 0 saturated heterocycles. The minimum atomic E-state index is -0.222. The smallest absolute Gasteiger partial charge is 0.0890 e. The van der Waals surface area contributed by atoms with Gasteiger partial charge in [-0.1, -0.05) is 67.2 Å². The van der Waals surface area contributed by atoms with E-state index in [1.165, 1.54) is 0 Å². The van der Waals surface area contributed by atoms with E-state index in [-0.39, 0.29) is 11.8 Å². The van der Waals surface area contributed by atoms with Crippen molar-refractivity contribution in [3.8, 4) is 6.07 Å². The first-order valence-corrected chi connectivity index (χ1v) is 6.97. The number of rotatable bonds is 6. The van der Waals surface area contributed by atoms with Gasteiger partial charge in [0.05, 0.1) is 24.9 Å².